The smallest absolute Gasteiger partial charge is 0.223 e. The molecule has 18 heavy (non-hydrogen) atoms. The predicted molar refractivity (Wildman–Crippen MR) is 74.0 cm³/mol. The van der Waals surface area contributed by atoms with E-state index < -0.39 is 0 Å². The summed E-state index contributed by atoms with van der Waals surface area (Å²) in [5, 5.41) is 0. The highest BCUT2D eigenvalue weighted by atomic mass is 16.2. The molecule has 2 nitrogen and oxygen atoms in total. The summed E-state index contributed by atoms with van der Waals surface area (Å²) in [6.45, 7) is 8.36. The van der Waals surface area contributed by atoms with Gasteiger partial charge in [-0.05, 0) is 23.3 Å². The number of likely N-dealkylation sites (tertiary alicyclic amines) is 1. The maximum Gasteiger partial charge on any atom is 0.223 e. The van der Waals surface area contributed by atoms with Gasteiger partial charge >= 0.3 is 0 Å². The van der Waals surface area contributed by atoms with Crippen molar-refractivity contribution in [3.8, 4) is 0 Å². The van der Waals surface area contributed by atoms with Crippen molar-refractivity contribution in [2.24, 2.45) is 11.3 Å². The molecule has 1 fully saturated rings. The van der Waals surface area contributed by atoms with Gasteiger partial charge in [0.25, 0.3) is 0 Å². The minimum atomic E-state index is 0.245. The van der Waals surface area contributed by atoms with E-state index in [4.69, 9.17) is 0 Å². The van der Waals surface area contributed by atoms with Gasteiger partial charge in [0.1, 0.15) is 0 Å². The van der Waals surface area contributed by atoms with Gasteiger partial charge in [-0.1, -0.05) is 51.1 Å². The number of amides is 1. The summed E-state index contributed by atoms with van der Waals surface area (Å²) in [6, 6.07) is 10.2. The van der Waals surface area contributed by atoms with Gasteiger partial charge in [0.05, 0.1) is 0 Å². The minimum absolute atomic E-state index is 0.245. The molecule has 0 radical (unpaired) electrons. The Balaban J connectivity index is 1.96. The Bertz CT molecular complexity index is 405. The van der Waals surface area contributed by atoms with E-state index in [-0.39, 0.29) is 5.41 Å². The highest BCUT2D eigenvalue weighted by Crippen LogP contribution is 2.35. The first-order valence-corrected chi connectivity index (χ1v) is 6.78. The Morgan fingerprint density at radius 2 is 1.89 bits per heavy atom. The van der Waals surface area contributed by atoms with E-state index in [0.29, 0.717) is 18.2 Å². The van der Waals surface area contributed by atoms with Crippen LogP contribution in [-0.2, 0) is 11.3 Å². The van der Waals surface area contributed by atoms with Crippen LogP contribution in [-0.4, -0.2) is 17.4 Å². The van der Waals surface area contributed by atoms with Gasteiger partial charge in [-0.25, -0.2) is 0 Å². The van der Waals surface area contributed by atoms with Crippen LogP contribution < -0.4 is 0 Å². The van der Waals surface area contributed by atoms with E-state index in [1.807, 2.05) is 23.1 Å². The fourth-order valence-electron chi connectivity index (χ4n) is 2.59. The molecule has 0 bridgehead atoms. The molecule has 1 saturated heterocycles. The van der Waals surface area contributed by atoms with E-state index in [2.05, 4.69) is 32.9 Å². The molecule has 1 aromatic rings. The highest BCUT2D eigenvalue weighted by molar-refractivity contribution is 5.77. The van der Waals surface area contributed by atoms with Crippen molar-refractivity contribution in [3.05, 3.63) is 35.9 Å². The fourth-order valence-corrected chi connectivity index (χ4v) is 2.59. The topological polar surface area (TPSA) is 20.3 Å². The molecule has 0 saturated carbocycles. The van der Waals surface area contributed by atoms with Gasteiger partial charge in [-0.3, -0.25) is 4.79 Å². The molecule has 1 heterocycles. The summed E-state index contributed by atoms with van der Waals surface area (Å²) >= 11 is 0. The number of carbonyl (C=O) groups is 1. The van der Waals surface area contributed by atoms with Crippen LogP contribution in [0.1, 0.15) is 39.2 Å². The quantitative estimate of drug-likeness (QED) is 0.781. The number of benzene rings is 1. The van der Waals surface area contributed by atoms with Crippen molar-refractivity contribution < 1.29 is 4.79 Å². The Labute approximate surface area is 110 Å². The first-order chi connectivity index (χ1) is 8.47. The van der Waals surface area contributed by atoms with Crippen LogP contribution in [0.15, 0.2) is 30.3 Å². The molecule has 2 heteroatoms. The average Bonchev–Trinajstić information content (AvgIpc) is 2.32. The number of piperidine rings is 1. The molecule has 0 aliphatic carbocycles. The molecule has 0 N–H and O–H groups in total. The lowest BCUT2D eigenvalue weighted by Gasteiger charge is -2.38. The third-order valence-corrected chi connectivity index (χ3v) is 3.96. The number of nitrogens with zero attached hydrogens (tertiary/aromatic N) is 1. The normalized spacial score (nSPS) is 21.2. The molecule has 1 aromatic carbocycles. The van der Waals surface area contributed by atoms with Gasteiger partial charge < -0.3 is 4.90 Å². The summed E-state index contributed by atoms with van der Waals surface area (Å²) in [4.78, 5) is 14.2. The fraction of sp³-hybridized carbons (Fsp3) is 0.562. The lowest BCUT2D eigenvalue weighted by Crippen LogP contribution is -2.41. The van der Waals surface area contributed by atoms with Crippen molar-refractivity contribution in [2.75, 3.05) is 6.54 Å². The summed E-state index contributed by atoms with van der Waals surface area (Å²) < 4.78 is 0. The van der Waals surface area contributed by atoms with E-state index in [1.165, 1.54) is 5.56 Å². The van der Waals surface area contributed by atoms with E-state index in [1.54, 1.807) is 0 Å². The molecule has 1 atom stereocenters. The minimum Gasteiger partial charge on any atom is -0.338 e. The molecular weight excluding hydrogens is 222 g/mol. The molecule has 2 rings (SSSR count). The summed E-state index contributed by atoms with van der Waals surface area (Å²) in [5.41, 5.74) is 1.47. The zero-order chi connectivity index (χ0) is 13.2. The highest BCUT2D eigenvalue weighted by Gasteiger charge is 2.32. The average molecular weight is 245 g/mol. The SMILES string of the molecule is CC(C)(C)C1CCN(Cc2ccccc2)C(=O)C1. The number of hydrogen-bond donors (Lipinski definition) is 0. The Morgan fingerprint density at radius 3 is 2.44 bits per heavy atom. The second kappa shape index (κ2) is 5.13. The first-order valence-electron chi connectivity index (χ1n) is 6.78. The summed E-state index contributed by atoms with van der Waals surface area (Å²) in [7, 11) is 0. The molecule has 0 aromatic heterocycles. The van der Waals surface area contributed by atoms with Crippen LogP contribution in [0.5, 0.6) is 0 Å². The van der Waals surface area contributed by atoms with Gasteiger partial charge in [0.2, 0.25) is 5.91 Å². The number of rotatable bonds is 2. The molecule has 1 unspecified atom stereocenters. The van der Waals surface area contributed by atoms with Gasteiger partial charge in [-0.15, -0.1) is 0 Å². The summed E-state index contributed by atoms with van der Waals surface area (Å²) in [5.74, 6) is 0.835. The van der Waals surface area contributed by atoms with Crippen LogP contribution in [0.25, 0.3) is 0 Å². The number of carbonyl (C=O) groups excluding carboxylic acids is 1. The predicted octanol–water partition coefficient (Wildman–Crippen LogP) is 3.47. The van der Waals surface area contributed by atoms with Crippen LogP contribution in [0.4, 0.5) is 0 Å². The van der Waals surface area contributed by atoms with Crippen molar-refractivity contribution >= 4 is 5.91 Å². The van der Waals surface area contributed by atoms with E-state index in [0.717, 1.165) is 19.5 Å². The maximum atomic E-state index is 12.2. The van der Waals surface area contributed by atoms with Crippen molar-refractivity contribution in [1.82, 2.24) is 4.90 Å². The van der Waals surface area contributed by atoms with E-state index >= 15 is 0 Å². The zero-order valence-electron chi connectivity index (χ0n) is 11.6. The van der Waals surface area contributed by atoms with Crippen LogP contribution in [0, 0.1) is 11.3 Å². The zero-order valence-corrected chi connectivity index (χ0v) is 11.6. The molecule has 1 amide bonds. The lowest BCUT2D eigenvalue weighted by atomic mass is 9.75. The number of hydrogen-bond acceptors (Lipinski definition) is 1. The first kappa shape index (κ1) is 13.1. The van der Waals surface area contributed by atoms with Gasteiger partial charge in [-0.2, -0.15) is 0 Å². The Morgan fingerprint density at radius 1 is 1.22 bits per heavy atom. The van der Waals surface area contributed by atoms with Crippen molar-refractivity contribution in [2.45, 2.75) is 40.2 Å². The largest absolute Gasteiger partial charge is 0.338 e. The third kappa shape index (κ3) is 3.12. The monoisotopic (exact) mass is 245 g/mol. The van der Waals surface area contributed by atoms with Crippen LogP contribution >= 0.6 is 0 Å². The van der Waals surface area contributed by atoms with Crippen LogP contribution in [0.3, 0.4) is 0 Å². The van der Waals surface area contributed by atoms with Gasteiger partial charge in [0, 0.05) is 19.5 Å². The standard InChI is InChI=1S/C16H23NO/c1-16(2,3)14-9-10-17(15(18)11-14)12-13-7-5-4-6-8-13/h4-8,14H,9-12H2,1-3H3. The Kier molecular flexibility index (Phi) is 3.74. The second-order valence-corrected chi connectivity index (χ2v) is 6.36. The van der Waals surface area contributed by atoms with Crippen LogP contribution in [0.2, 0.25) is 0 Å². The molecule has 98 valence electrons. The molecule has 0 spiro atoms. The second-order valence-electron chi connectivity index (χ2n) is 6.36. The summed E-state index contributed by atoms with van der Waals surface area (Å²) in [6.07, 6.45) is 1.83. The lowest BCUT2D eigenvalue weighted by molar-refractivity contribution is -0.137. The Hall–Kier alpha value is -1.31. The van der Waals surface area contributed by atoms with Crippen molar-refractivity contribution in [1.29, 1.82) is 0 Å². The molecule has 1 aliphatic rings. The molecular formula is C16H23NO. The van der Waals surface area contributed by atoms with Gasteiger partial charge in [0.15, 0.2) is 0 Å². The molecule has 1 aliphatic heterocycles. The van der Waals surface area contributed by atoms with E-state index in [9.17, 15) is 4.79 Å². The maximum absolute atomic E-state index is 12.2. The van der Waals surface area contributed by atoms with Crippen molar-refractivity contribution in [3.63, 3.8) is 0 Å². The third-order valence-electron chi connectivity index (χ3n) is 3.96.